The summed E-state index contributed by atoms with van der Waals surface area (Å²) in [5.41, 5.74) is 2.27. The number of benzene rings is 4. The molecule has 7 rings (SSSR count). The highest BCUT2D eigenvalue weighted by atomic mass is 16.5. The molecule has 3 aliphatic rings. The lowest BCUT2D eigenvalue weighted by molar-refractivity contribution is -0.148. The second-order valence-corrected chi connectivity index (χ2v) is 9.56. The Hall–Kier alpha value is -4.38. The fraction of sp³-hybridized carbons (Fsp3) is 0.188. The molecular weight excluding hydrogens is 464 g/mol. The third kappa shape index (κ3) is 3.17. The predicted molar refractivity (Wildman–Crippen MR) is 139 cm³/mol. The minimum atomic E-state index is -1.20. The minimum absolute atomic E-state index is 0.295. The molecule has 0 aromatic heterocycles. The Morgan fingerprint density at radius 1 is 0.568 bits per heavy atom. The smallest absolute Gasteiger partial charge is 0.321 e. The molecule has 0 N–H and O–H groups in total. The first kappa shape index (κ1) is 23.0. The molecule has 0 radical (unpaired) electrons. The highest BCUT2D eigenvalue weighted by Crippen LogP contribution is 2.55. The summed E-state index contributed by atoms with van der Waals surface area (Å²) in [7, 11) is 2.82. The van der Waals surface area contributed by atoms with Gasteiger partial charge in [0, 0.05) is 12.8 Å². The molecule has 0 fully saturated rings. The first-order chi connectivity index (χ1) is 18.1. The van der Waals surface area contributed by atoms with E-state index in [1.165, 1.54) is 14.2 Å². The zero-order valence-electron chi connectivity index (χ0n) is 20.7. The number of rotatable bonds is 2. The Balaban J connectivity index is 1.83. The molecule has 0 saturated heterocycles. The zero-order valence-corrected chi connectivity index (χ0v) is 20.7. The molecule has 0 saturated carbocycles. The van der Waals surface area contributed by atoms with E-state index in [-0.39, 0.29) is 0 Å². The Morgan fingerprint density at radius 2 is 0.892 bits per heavy atom. The monoisotopic (exact) mass is 490 g/mol. The summed E-state index contributed by atoms with van der Waals surface area (Å²) in [5, 5.41) is 0. The van der Waals surface area contributed by atoms with Crippen LogP contribution < -0.4 is 4.74 Å². The summed E-state index contributed by atoms with van der Waals surface area (Å²) in [4.78, 5) is 28.0. The first-order valence-electron chi connectivity index (χ1n) is 12.3. The number of esters is 2. The number of carbonyl (C=O) groups excluding carboxylic acids is 2. The van der Waals surface area contributed by atoms with Crippen LogP contribution in [0.15, 0.2) is 97.1 Å². The van der Waals surface area contributed by atoms with Crippen molar-refractivity contribution in [1.82, 2.24) is 0 Å². The molecule has 0 amide bonds. The molecule has 4 aromatic carbocycles. The summed E-state index contributed by atoms with van der Waals surface area (Å²) >= 11 is 0. The lowest BCUT2D eigenvalue weighted by Gasteiger charge is -2.46. The van der Waals surface area contributed by atoms with Crippen molar-refractivity contribution < 1.29 is 23.8 Å². The van der Waals surface area contributed by atoms with Gasteiger partial charge in [0.2, 0.25) is 0 Å². The molecule has 5 heteroatoms. The molecule has 2 heterocycles. The number of ether oxygens (including phenoxy) is 3. The Bertz CT molecular complexity index is 1370. The van der Waals surface area contributed by atoms with Crippen molar-refractivity contribution in [3.63, 3.8) is 0 Å². The van der Waals surface area contributed by atoms with Crippen LogP contribution in [0, 0.1) is 0 Å². The van der Waals surface area contributed by atoms with E-state index in [9.17, 15) is 9.59 Å². The number of methoxy groups -OCH3 is 2. The number of para-hydroxylation sites is 2. The van der Waals surface area contributed by atoms with E-state index in [1.54, 1.807) is 0 Å². The van der Waals surface area contributed by atoms with Gasteiger partial charge in [0.15, 0.2) is 0 Å². The van der Waals surface area contributed by atoms with Gasteiger partial charge in [-0.25, -0.2) is 0 Å². The fourth-order valence-corrected chi connectivity index (χ4v) is 6.25. The maximum atomic E-state index is 14.0. The lowest BCUT2D eigenvalue weighted by Crippen LogP contribution is -2.52. The van der Waals surface area contributed by atoms with Gasteiger partial charge in [0.25, 0.3) is 0 Å². The van der Waals surface area contributed by atoms with E-state index in [4.69, 9.17) is 14.2 Å². The standard InChI is InChI=1S/C32H26O5/c1-35-29(33)31-19-21-11-3-9-17-27(21)37-28-18-10-4-12-22(28)20-32(30(34)36-2,25-15-7-5-13-23(25)31)26-16-8-6-14-24(26)31/h3-18H,19-20H2,1-2H3. The molecule has 0 unspecified atom stereocenters. The van der Waals surface area contributed by atoms with Crippen LogP contribution in [0.4, 0.5) is 0 Å². The van der Waals surface area contributed by atoms with Crippen molar-refractivity contribution in [3.05, 3.63) is 130 Å². The Kier molecular flexibility index (Phi) is 5.37. The van der Waals surface area contributed by atoms with Crippen molar-refractivity contribution in [3.8, 4) is 11.5 Å². The second kappa shape index (κ2) is 8.63. The van der Waals surface area contributed by atoms with Gasteiger partial charge >= 0.3 is 11.9 Å². The average molecular weight is 491 g/mol. The van der Waals surface area contributed by atoms with E-state index in [0.717, 1.165) is 33.4 Å². The lowest BCUT2D eigenvalue weighted by atomic mass is 9.54. The van der Waals surface area contributed by atoms with Gasteiger partial charge in [0.1, 0.15) is 22.3 Å². The molecule has 0 atom stereocenters. The summed E-state index contributed by atoms with van der Waals surface area (Å²) in [5.74, 6) is 0.533. The van der Waals surface area contributed by atoms with Crippen LogP contribution in [0.5, 0.6) is 11.5 Å². The van der Waals surface area contributed by atoms with Crippen LogP contribution >= 0.6 is 0 Å². The molecule has 0 spiro atoms. The number of carbonyl (C=O) groups is 2. The second-order valence-electron chi connectivity index (χ2n) is 9.56. The highest BCUT2D eigenvalue weighted by Gasteiger charge is 2.58. The van der Waals surface area contributed by atoms with Crippen LogP contribution in [-0.2, 0) is 42.7 Å². The summed E-state index contributed by atoms with van der Waals surface area (Å²) in [6.45, 7) is 0. The van der Waals surface area contributed by atoms with Crippen molar-refractivity contribution >= 4 is 11.9 Å². The predicted octanol–water partition coefficient (Wildman–Crippen LogP) is 5.51. The Labute approximate surface area is 215 Å². The maximum absolute atomic E-state index is 14.0. The van der Waals surface area contributed by atoms with Gasteiger partial charge in [-0.3, -0.25) is 9.59 Å². The van der Waals surface area contributed by atoms with E-state index < -0.39 is 22.8 Å². The minimum Gasteiger partial charge on any atom is -0.468 e. The topological polar surface area (TPSA) is 61.8 Å². The SMILES string of the molecule is COC(=O)C12Cc3ccccc3Oc3ccccc3CC(C(=O)OC)(c3ccccc31)c1ccccc12. The largest absolute Gasteiger partial charge is 0.468 e. The first-order valence-corrected chi connectivity index (χ1v) is 12.3. The average Bonchev–Trinajstić information content (AvgIpc) is 2.98. The van der Waals surface area contributed by atoms with Gasteiger partial charge in [-0.2, -0.15) is 0 Å². The van der Waals surface area contributed by atoms with Gasteiger partial charge in [-0.15, -0.1) is 0 Å². The van der Waals surface area contributed by atoms with Gasteiger partial charge in [0.05, 0.1) is 14.2 Å². The van der Waals surface area contributed by atoms with Gasteiger partial charge < -0.3 is 14.2 Å². The van der Waals surface area contributed by atoms with E-state index in [1.807, 2.05) is 97.1 Å². The van der Waals surface area contributed by atoms with E-state index in [2.05, 4.69) is 0 Å². The molecule has 1 aliphatic carbocycles. The quantitative estimate of drug-likeness (QED) is 0.347. The van der Waals surface area contributed by atoms with Crippen molar-refractivity contribution in [2.45, 2.75) is 23.7 Å². The summed E-state index contributed by atoms with van der Waals surface area (Å²) in [6, 6.07) is 30.9. The van der Waals surface area contributed by atoms with E-state index in [0.29, 0.717) is 24.3 Å². The molecule has 4 aromatic rings. The van der Waals surface area contributed by atoms with Gasteiger partial charge in [-0.1, -0.05) is 84.9 Å². The van der Waals surface area contributed by atoms with Gasteiger partial charge in [-0.05, 0) is 45.5 Å². The molecule has 2 aliphatic heterocycles. The zero-order chi connectivity index (χ0) is 25.6. The van der Waals surface area contributed by atoms with Crippen molar-refractivity contribution in [2.24, 2.45) is 0 Å². The van der Waals surface area contributed by atoms with Crippen LogP contribution in [0.1, 0.15) is 33.4 Å². The molecule has 184 valence electrons. The molecular formula is C32H26O5. The van der Waals surface area contributed by atoms with E-state index >= 15 is 0 Å². The fourth-order valence-electron chi connectivity index (χ4n) is 6.25. The third-order valence-corrected chi connectivity index (χ3v) is 7.84. The van der Waals surface area contributed by atoms with Crippen molar-refractivity contribution in [2.75, 3.05) is 14.2 Å². The third-order valence-electron chi connectivity index (χ3n) is 7.84. The number of hydrogen-bond donors (Lipinski definition) is 0. The highest BCUT2D eigenvalue weighted by molar-refractivity contribution is 5.97. The number of hydrogen-bond acceptors (Lipinski definition) is 5. The molecule has 5 nitrogen and oxygen atoms in total. The summed E-state index contributed by atoms with van der Waals surface area (Å²) in [6.07, 6.45) is 0.590. The molecule has 2 bridgehead atoms. The molecule has 37 heavy (non-hydrogen) atoms. The summed E-state index contributed by atoms with van der Waals surface area (Å²) < 4.78 is 17.6. The maximum Gasteiger partial charge on any atom is 0.321 e. The van der Waals surface area contributed by atoms with Crippen LogP contribution in [0.2, 0.25) is 0 Å². The van der Waals surface area contributed by atoms with Crippen molar-refractivity contribution in [1.29, 1.82) is 0 Å². The van der Waals surface area contributed by atoms with Crippen LogP contribution in [-0.4, -0.2) is 26.2 Å². The van der Waals surface area contributed by atoms with Crippen LogP contribution in [0.3, 0.4) is 0 Å². The van der Waals surface area contributed by atoms with Crippen LogP contribution in [0.25, 0.3) is 0 Å². The normalized spacial score (nSPS) is 21.1. The Morgan fingerprint density at radius 3 is 1.24 bits per heavy atom.